The topological polar surface area (TPSA) is 60.5 Å². The van der Waals surface area contributed by atoms with Crippen LogP contribution in [0.5, 0.6) is 5.75 Å². The third-order valence-corrected chi connectivity index (χ3v) is 3.74. The van der Waals surface area contributed by atoms with Crippen LogP contribution in [0.1, 0.15) is 28.0 Å². The van der Waals surface area contributed by atoms with E-state index in [1.54, 1.807) is 12.5 Å². The summed E-state index contributed by atoms with van der Waals surface area (Å²) in [4.78, 5) is 16.3. The molecule has 1 aromatic heterocycles. The molecule has 1 aromatic carbocycles. The fourth-order valence-electron chi connectivity index (χ4n) is 1.87. The van der Waals surface area contributed by atoms with Crippen LogP contribution in [0.4, 0.5) is 0 Å². The number of carbonyl (C=O) groups excluding carboxylic acids is 1. The zero-order valence-corrected chi connectivity index (χ0v) is 13.8. The van der Waals surface area contributed by atoms with Gasteiger partial charge in [-0.15, -0.1) is 11.3 Å². The average molecular weight is 320 g/mol. The number of ether oxygens (including phenoxy) is 2. The summed E-state index contributed by atoms with van der Waals surface area (Å²) in [7, 11) is 1.60. The summed E-state index contributed by atoms with van der Waals surface area (Å²) in [5.41, 5.74) is 1.56. The number of benzene rings is 1. The highest BCUT2D eigenvalue weighted by molar-refractivity contribution is 7.09. The number of nitrogens with zero attached hydrogens (tertiary/aromatic N) is 1. The van der Waals surface area contributed by atoms with E-state index in [0.29, 0.717) is 18.9 Å². The molecule has 0 aliphatic carbocycles. The Balaban J connectivity index is 1.82. The number of rotatable bonds is 7. The summed E-state index contributed by atoms with van der Waals surface area (Å²) in [5.74, 6) is 0.607. The zero-order chi connectivity index (χ0) is 15.9. The molecule has 0 radical (unpaired) electrons. The zero-order valence-electron chi connectivity index (χ0n) is 13.0. The number of aromatic nitrogens is 1. The largest absolute Gasteiger partial charge is 0.491 e. The van der Waals surface area contributed by atoms with Gasteiger partial charge in [-0.2, -0.15) is 0 Å². The molecule has 0 fully saturated rings. The second-order valence-electron chi connectivity index (χ2n) is 5.06. The van der Waals surface area contributed by atoms with E-state index < -0.39 is 0 Å². The van der Waals surface area contributed by atoms with Gasteiger partial charge in [0, 0.05) is 12.5 Å². The first-order chi connectivity index (χ1) is 10.6. The van der Waals surface area contributed by atoms with E-state index in [1.807, 2.05) is 38.1 Å². The molecule has 2 aromatic rings. The van der Waals surface area contributed by atoms with Crippen molar-refractivity contribution in [2.75, 3.05) is 13.7 Å². The lowest BCUT2D eigenvalue weighted by molar-refractivity contribution is 0.0921. The molecule has 0 spiro atoms. The minimum atomic E-state index is -0.195. The van der Waals surface area contributed by atoms with E-state index in [1.165, 1.54) is 11.3 Å². The molecule has 2 rings (SSSR count). The summed E-state index contributed by atoms with van der Waals surface area (Å²) in [6, 6.07) is 7.71. The van der Waals surface area contributed by atoms with Crippen LogP contribution in [0.15, 0.2) is 29.6 Å². The van der Waals surface area contributed by atoms with Crippen molar-refractivity contribution in [3.8, 4) is 5.75 Å². The molecule has 0 saturated heterocycles. The molecule has 22 heavy (non-hydrogen) atoms. The average Bonchev–Trinajstić information content (AvgIpc) is 2.94. The van der Waals surface area contributed by atoms with Gasteiger partial charge in [-0.25, -0.2) is 4.98 Å². The van der Waals surface area contributed by atoms with E-state index in [2.05, 4.69) is 10.3 Å². The van der Waals surface area contributed by atoms with E-state index in [9.17, 15) is 4.79 Å². The van der Waals surface area contributed by atoms with Gasteiger partial charge >= 0.3 is 0 Å². The van der Waals surface area contributed by atoms with Crippen molar-refractivity contribution in [2.45, 2.75) is 26.5 Å². The van der Waals surface area contributed by atoms with Gasteiger partial charge in [0.05, 0.1) is 12.6 Å². The molecule has 1 heterocycles. The summed E-state index contributed by atoms with van der Waals surface area (Å²) >= 11 is 1.41. The first-order valence-corrected chi connectivity index (χ1v) is 7.90. The van der Waals surface area contributed by atoms with E-state index in [4.69, 9.17) is 9.47 Å². The highest BCUT2D eigenvalue weighted by Crippen LogP contribution is 2.13. The maximum Gasteiger partial charge on any atom is 0.271 e. The molecule has 5 nitrogen and oxygen atoms in total. The predicted molar refractivity (Wildman–Crippen MR) is 86.4 cm³/mol. The minimum Gasteiger partial charge on any atom is -0.491 e. The van der Waals surface area contributed by atoms with Gasteiger partial charge in [-0.3, -0.25) is 4.79 Å². The van der Waals surface area contributed by atoms with Crippen molar-refractivity contribution >= 4 is 17.2 Å². The van der Waals surface area contributed by atoms with Gasteiger partial charge in [0.2, 0.25) is 0 Å². The van der Waals surface area contributed by atoms with Gasteiger partial charge in [0.25, 0.3) is 5.91 Å². The fourth-order valence-corrected chi connectivity index (χ4v) is 2.62. The number of hydrogen-bond acceptors (Lipinski definition) is 5. The second-order valence-corrected chi connectivity index (χ2v) is 6.00. The second kappa shape index (κ2) is 7.91. The maximum absolute atomic E-state index is 12.1. The number of carbonyl (C=O) groups is 1. The molecule has 0 bridgehead atoms. The lowest BCUT2D eigenvalue weighted by Gasteiger charge is -2.14. The van der Waals surface area contributed by atoms with Crippen LogP contribution in [0.3, 0.4) is 0 Å². The highest BCUT2D eigenvalue weighted by Gasteiger charge is 2.14. The SMILES string of the molecule is COCc1nc(C(=O)NC(C)COc2cccc(C)c2)cs1. The van der Waals surface area contributed by atoms with Crippen molar-refractivity contribution in [2.24, 2.45) is 0 Å². The van der Waals surface area contributed by atoms with E-state index in [0.717, 1.165) is 16.3 Å². The molecular formula is C16H20N2O3S. The van der Waals surface area contributed by atoms with E-state index >= 15 is 0 Å². The smallest absolute Gasteiger partial charge is 0.271 e. The first-order valence-electron chi connectivity index (χ1n) is 7.02. The fraction of sp³-hybridized carbons (Fsp3) is 0.375. The van der Waals surface area contributed by atoms with Crippen molar-refractivity contribution in [1.82, 2.24) is 10.3 Å². The molecule has 1 atom stereocenters. The van der Waals surface area contributed by atoms with Gasteiger partial charge in [0.15, 0.2) is 0 Å². The van der Waals surface area contributed by atoms with Crippen molar-refractivity contribution < 1.29 is 14.3 Å². The number of nitrogens with one attached hydrogen (secondary N) is 1. The Kier molecular flexibility index (Phi) is 5.91. The number of aryl methyl sites for hydroxylation is 1. The monoisotopic (exact) mass is 320 g/mol. The Morgan fingerprint density at radius 2 is 2.27 bits per heavy atom. The van der Waals surface area contributed by atoms with Gasteiger partial charge in [0.1, 0.15) is 23.1 Å². The number of methoxy groups -OCH3 is 1. The molecule has 0 aliphatic heterocycles. The minimum absolute atomic E-state index is 0.111. The number of amides is 1. The van der Waals surface area contributed by atoms with Crippen molar-refractivity contribution in [1.29, 1.82) is 0 Å². The normalized spacial score (nSPS) is 12.0. The Hall–Kier alpha value is -1.92. The summed E-state index contributed by atoms with van der Waals surface area (Å²) in [6.45, 7) is 4.74. The third-order valence-electron chi connectivity index (χ3n) is 2.92. The summed E-state index contributed by atoms with van der Waals surface area (Å²) in [5, 5.41) is 5.40. The molecule has 118 valence electrons. The molecule has 6 heteroatoms. The van der Waals surface area contributed by atoms with Crippen LogP contribution in [-0.2, 0) is 11.3 Å². The molecule has 1 N–H and O–H groups in total. The molecule has 1 unspecified atom stereocenters. The lowest BCUT2D eigenvalue weighted by atomic mass is 10.2. The molecule has 0 saturated carbocycles. The van der Waals surface area contributed by atoms with Gasteiger partial charge in [-0.05, 0) is 31.5 Å². The van der Waals surface area contributed by atoms with Crippen molar-refractivity contribution in [3.63, 3.8) is 0 Å². The highest BCUT2D eigenvalue weighted by atomic mass is 32.1. The lowest BCUT2D eigenvalue weighted by Crippen LogP contribution is -2.37. The number of hydrogen-bond donors (Lipinski definition) is 1. The van der Waals surface area contributed by atoms with Crippen molar-refractivity contribution in [3.05, 3.63) is 45.9 Å². The quantitative estimate of drug-likeness (QED) is 0.852. The first kappa shape index (κ1) is 16.5. The summed E-state index contributed by atoms with van der Waals surface area (Å²) < 4.78 is 10.7. The molecular weight excluding hydrogens is 300 g/mol. The van der Waals surface area contributed by atoms with Crippen LogP contribution in [-0.4, -0.2) is 30.6 Å². The van der Waals surface area contributed by atoms with Crippen LogP contribution in [0.2, 0.25) is 0 Å². The third kappa shape index (κ3) is 4.82. The standard InChI is InChI=1S/C16H20N2O3S/c1-11-5-4-6-13(7-11)21-8-12(2)17-16(19)14-10-22-15(18-14)9-20-3/h4-7,10,12H,8-9H2,1-3H3,(H,17,19). The Morgan fingerprint density at radius 1 is 1.45 bits per heavy atom. The predicted octanol–water partition coefficient (Wildman–Crippen LogP) is 2.80. The Morgan fingerprint density at radius 3 is 3.00 bits per heavy atom. The Bertz CT molecular complexity index is 627. The van der Waals surface area contributed by atoms with E-state index in [-0.39, 0.29) is 11.9 Å². The molecule has 0 aliphatic rings. The van der Waals surface area contributed by atoms with Gasteiger partial charge in [-0.1, -0.05) is 12.1 Å². The van der Waals surface area contributed by atoms with Gasteiger partial charge < -0.3 is 14.8 Å². The van der Waals surface area contributed by atoms with Crippen LogP contribution >= 0.6 is 11.3 Å². The number of thiazole rings is 1. The summed E-state index contributed by atoms with van der Waals surface area (Å²) in [6.07, 6.45) is 0. The van der Waals surface area contributed by atoms with Crippen LogP contribution in [0.25, 0.3) is 0 Å². The van der Waals surface area contributed by atoms with Crippen LogP contribution < -0.4 is 10.1 Å². The maximum atomic E-state index is 12.1. The Labute approximate surface area is 134 Å². The molecule has 1 amide bonds. The van der Waals surface area contributed by atoms with Crippen LogP contribution in [0, 0.1) is 6.92 Å².